The molecule has 17 heavy (non-hydrogen) atoms. The minimum Gasteiger partial charge on any atom is -0.504 e. The molecule has 2 aromatic rings. The molecule has 4 heteroatoms. The van der Waals surface area contributed by atoms with E-state index in [9.17, 15) is 5.11 Å². The van der Waals surface area contributed by atoms with Crippen molar-refractivity contribution in [3.63, 3.8) is 0 Å². The highest BCUT2D eigenvalue weighted by Crippen LogP contribution is 2.29. The Hall–Kier alpha value is -2.36. The van der Waals surface area contributed by atoms with Crippen molar-refractivity contribution in [2.45, 2.75) is 6.92 Å². The number of rotatable bonds is 2. The average molecular weight is 228 g/mol. The average Bonchev–Trinajstić information content (AvgIpc) is 2.33. The highest BCUT2D eigenvalue weighted by Gasteiger charge is 1.99. The van der Waals surface area contributed by atoms with E-state index in [1.165, 1.54) is 12.1 Å². The molecule has 0 fully saturated rings. The van der Waals surface area contributed by atoms with Gasteiger partial charge in [0, 0.05) is 6.07 Å². The zero-order valence-corrected chi connectivity index (χ0v) is 9.33. The minimum absolute atomic E-state index is 0.167. The van der Waals surface area contributed by atoms with Gasteiger partial charge in [0.05, 0.1) is 11.4 Å². The highest BCUT2D eigenvalue weighted by molar-refractivity contribution is 5.50. The van der Waals surface area contributed by atoms with Crippen molar-refractivity contribution in [2.75, 3.05) is 0 Å². The smallest absolute Gasteiger partial charge is 0.159 e. The molecule has 4 nitrogen and oxygen atoms in total. The first-order valence-electron chi connectivity index (χ1n) is 5.15. The fourth-order valence-corrected chi connectivity index (χ4v) is 1.30. The Morgan fingerprint density at radius 1 is 0.765 bits per heavy atom. The Morgan fingerprint density at radius 2 is 1.35 bits per heavy atom. The highest BCUT2D eigenvalue weighted by atomic mass is 16.3. The van der Waals surface area contributed by atoms with Crippen LogP contribution in [0.15, 0.2) is 52.7 Å². The third-order valence-electron chi connectivity index (χ3n) is 2.27. The van der Waals surface area contributed by atoms with Gasteiger partial charge in [-0.15, -0.1) is 0 Å². The van der Waals surface area contributed by atoms with Gasteiger partial charge in [-0.3, -0.25) is 0 Å². The standard InChI is InChI=1S/C13H12N2O2/c1-9-2-4-10(5-3-9)14-15-11-6-7-12(16)13(17)8-11/h2-8,16-17H,1H3. The molecule has 0 aliphatic heterocycles. The van der Waals surface area contributed by atoms with Crippen LogP contribution >= 0.6 is 0 Å². The van der Waals surface area contributed by atoms with Crippen LogP contribution in [0.3, 0.4) is 0 Å². The van der Waals surface area contributed by atoms with Crippen LogP contribution in [-0.4, -0.2) is 10.2 Å². The fraction of sp³-hybridized carbons (Fsp3) is 0.0769. The Morgan fingerprint density at radius 3 is 2.00 bits per heavy atom. The fourth-order valence-electron chi connectivity index (χ4n) is 1.30. The van der Waals surface area contributed by atoms with Crippen LogP contribution in [0.1, 0.15) is 5.56 Å². The molecule has 0 aromatic heterocycles. The molecule has 2 rings (SSSR count). The van der Waals surface area contributed by atoms with Crippen molar-refractivity contribution >= 4 is 11.4 Å². The van der Waals surface area contributed by atoms with E-state index < -0.39 is 0 Å². The lowest BCUT2D eigenvalue weighted by atomic mass is 10.2. The first-order valence-corrected chi connectivity index (χ1v) is 5.15. The number of benzene rings is 2. The van der Waals surface area contributed by atoms with Gasteiger partial charge in [0.1, 0.15) is 0 Å². The van der Waals surface area contributed by atoms with Gasteiger partial charge in [-0.1, -0.05) is 17.7 Å². The van der Waals surface area contributed by atoms with Gasteiger partial charge in [0.2, 0.25) is 0 Å². The minimum atomic E-state index is -0.203. The van der Waals surface area contributed by atoms with Crippen molar-refractivity contribution in [3.8, 4) is 11.5 Å². The van der Waals surface area contributed by atoms with E-state index in [0.29, 0.717) is 5.69 Å². The number of hydrogen-bond donors (Lipinski definition) is 2. The van der Waals surface area contributed by atoms with E-state index >= 15 is 0 Å². The molecule has 0 bridgehead atoms. The molecule has 2 N–H and O–H groups in total. The second kappa shape index (κ2) is 4.65. The Bertz CT molecular complexity index is 548. The number of aromatic hydroxyl groups is 2. The quantitative estimate of drug-likeness (QED) is 0.606. The van der Waals surface area contributed by atoms with E-state index in [-0.39, 0.29) is 11.5 Å². The second-order valence-corrected chi connectivity index (χ2v) is 3.71. The third kappa shape index (κ3) is 2.81. The third-order valence-corrected chi connectivity index (χ3v) is 2.27. The van der Waals surface area contributed by atoms with Crippen molar-refractivity contribution in [2.24, 2.45) is 10.2 Å². The van der Waals surface area contributed by atoms with Crippen molar-refractivity contribution in [3.05, 3.63) is 48.0 Å². The monoisotopic (exact) mass is 228 g/mol. The van der Waals surface area contributed by atoms with Gasteiger partial charge < -0.3 is 10.2 Å². The number of phenols is 2. The molecule has 86 valence electrons. The number of phenolic OH excluding ortho intramolecular Hbond substituents is 2. The van der Waals surface area contributed by atoms with Crippen LogP contribution in [0, 0.1) is 6.92 Å². The summed E-state index contributed by atoms with van der Waals surface area (Å²) in [5.74, 6) is -0.371. The first-order chi connectivity index (χ1) is 8.15. The lowest BCUT2D eigenvalue weighted by Crippen LogP contribution is -1.69. The predicted octanol–water partition coefficient (Wildman–Crippen LogP) is 3.82. The van der Waals surface area contributed by atoms with E-state index in [1.807, 2.05) is 31.2 Å². The molecule has 0 amide bonds. The van der Waals surface area contributed by atoms with Gasteiger partial charge in [-0.25, -0.2) is 0 Å². The van der Waals surface area contributed by atoms with E-state index in [0.717, 1.165) is 11.3 Å². The summed E-state index contributed by atoms with van der Waals surface area (Å²) in [7, 11) is 0. The van der Waals surface area contributed by atoms with Crippen LogP contribution in [0.2, 0.25) is 0 Å². The lowest BCUT2D eigenvalue weighted by molar-refractivity contribution is 0.404. The summed E-state index contributed by atoms with van der Waals surface area (Å²) in [5, 5.41) is 26.4. The molecule has 0 aliphatic rings. The van der Waals surface area contributed by atoms with E-state index in [1.54, 1.807) is 6.07 Å². The number of hydrogen-bond acceptors (Lipinski definition) is 4. The summed E-state index contributed by atoms with van der Waals surface area (Å²) in [6.45, 7) is 2.00. The van der Waals surface area contributed by atoms with E-state index in [4.69, 9.17) is 5.11 Å². The molecule has 0 radical (unpaired) electrons. The van der Waals surface area contributed by atoms with Crippen LogP contribution in [0.4, 0.5) is 11.4 Å². The zero-order chi connectivity index (χ0) is 12.3. The molecule has 0 aliphatic carbocycles. The molecular weight excluding hydrogens is 216 g/mol. The lowest BCUT2D eigenvalue weighted by Gasteiger charge is -1.97. The van der Waals surface area contributed by atoms with Crippen molar-refractivity contribution in [1.29, 1.82) is 0 Å². The molecule has 0 atom stereocenters. The number of nitrogens with zero attached hydrogens (tertiary/aromatic N) is 2. The van der Waals surface area contributed by atoms with Crippen molar-refractivity contribution in [1.82, 2.24) is 0 Å². The molecule has 0 spiro atoms. The SMILES string of the molecule is Cc1ccc(N=Nc2ccc(O)c(O)c2)cc1. The topological polar surface area (TPSA) is 65.2 Å². The van der Waals surface area contributed by atoms with Crippen LogP contribution in [-0.2, 0) is 0 Å². The van der Waals surface area contributed by atoms with Crippen LogP contribution in [0.5, 0.6) is 11.5 Å². The van der Waals surface area contributed by atoms with Gasteiger partial charge in [-0.05, 0) is 31.2 Å². The van der Waals surface area contributed by atoms with Gasteiger partial charge in [-0.2, -0.15) is 10.2 Å². The number of aryl methyl sites for hydroxylation is 1. The summed E-state index contributed by atoms with van der Waals surface area (Å²) in [6.07, 6.45) is 0. The van der Waals surface area contributed by atoms with Crippen LogP contribution in [0.25, 0.3) is 0 Å². The maximum Gasteiger partial charge on any atom is 0.159 e. The largest absolute Gasteiger partial charge is 0.504 e. The molecule has 2 aromatic carbocycles. The van der Waals surface area contributed by atoms with Gasteiger partial charge in [0.25, 0.3) is 0 Å². The molecule has 0 unspecified atom stereocenters. The molecule has 0 saturated carbocycles. The van der Waals surface area contributed by atoms with Gasteiger partial charge in [0.15, 0.2) is 11.5 Å². The summed E-state index contributed by atoms with van der Waals surface area (Å²) in [5.41, 5.74) is 2.38. The second-order valence-electron chi connectivity index (χ2n) is 3.71. The number of azo groups is 1. The summed E-state index contributed by atoms with van der Waals surface area (Å²) < 4.78 is 0. The van der Waals surface area contributed by atoms with Gasteiger partial charge >= 0.3 is 0 Å². The molecule has 0 saturated heterocycles. The molecular formula is C13H12N2O2. The maximum absolute atomic E-state index is 9.28. The van der Waals surface area contributed by atoms with Crippen LogP contribution < -0.4 is 0 Å². The predicted molar refractivity (Wildman–Crippen MR) is 65.1 cm³/mol. The maximum atomic E-state index is 9.28. The summed E-state index contributed by atoms with van der Waals surface area (Å²) >= 11 is 0. The van der Waals surface area contributed by atoms with Crippen molar-refractivity contribution < 1.29 is 10.2 Å². The zero-order valence-electron chi connectivity index (χ0n) is 9.33. The summed E-state index contributed by atoms with van der Waals surface area (Å²) in [6, 6.07) is 11.9. The Kier molecular flexibility index (Phi) is 3.05. The van der Waals surface area contributed by atoms with E-state index in [2.05, 4.69) is 10.2 Å². The summed E-state index contributed by atoms with van der Waals surface area (Å²) in [4.78, 5) is 0. The molecule has 0 heterocycles. The Labute approximate surface area is 98.9 Å². The Balaban J connectivity index is 2.20. The first kappa shape index (κ1) is 11.1. The normalized spacial score (nSPS) is 10.9.